The Morgan fingerprint density at radius 1 is 0.957 bits per heavy atom. The van der Waals surface area contributed by atoms with E-state index in [1.54, 1.807) is 0 Å². The molecule has 1 unspecified atom stereocenters. The van der Waals surface area contributed by atoms with Gasteiger partial charge in [0.15, 0.2) is 0 Å². The van der Waals surface area contributed by atoms with E-state index in [0.717, 1.165) is 12.0 Å². The quantitative estimate of drug-likeness (QED) is 0.850. The first-order chi connectivity index (χ1) is 10.9. The van der Waals surface area contributed by atoms with Gasteiger partial charge in [-0.15, -0.1) is 0 Å². The molecular weight excluding hydrogens is 282 g/mol. The van der Waals surface area contributed by atoms with Gasteiger partial charge < -0.3 is 5.32 Å². The maximum atomic E-state index is 12.4. The Bertz CT molecular complexity index is 703. The summed E-state index contributed by atoms with van der Waals surface area (Å²) >= 11 is 0. The molecule has 2 aromatic rings. The molecule has 0 fully saturated rings. The van der Waals surface area contributed by atoms with Crippen LogP contribution in [0.5, 0.6) is 0 Å². The lowest BCUT2D eigenvalue weighted by Gasteiger charge is -2.20. The second kappa shape index (κ2) is 7.45. The molecule has 0 heterocycles. The molecule has 2 rings (SSSR count). The SMILES string of the molecule is CCC(NC(=O)Cc1ccc(C)c(C)c1)c1ccc(C)cc1C. The van der Waals surface area contributed by atoms with E-state index in [-0.39, 0.29) is 11.9 Å². The molecule has 122 valence electrons. The van der Waals surface area contributed by atoms with Gasteiger partial charge in [0.2, 0.25) is 5.91 Å². The van der Waals surface area contributed by atoms with Crippen LogP contribution in [0.2, 0.25) is 0 Å². The maximum Gasteiger partial charge on any atom is 0.224 e. The number of carbonyl (C=O) groups is 1. The minimum atomic E-state index is 0.0784. The van der Waals surface area contributed by atoms with Crippen LogP contribution in [0.4, 0.5) is 0 Å². The van der Waals surface area contributed by atoms with Crippen molar-refractivity contribution in [1.29, 1.82) is 0 Å². The fourth-order valence-corrected chi connectivity index (χ4v) is 2.96. The minimum Gasteiger partial charge on any atom is -0.349 e. The van der Waals surface area contributed by atoms with Gasteiger partial charge >= 0.3 is 0 Å². The van der Waals surface area contributed by atoms with Gasteiger partial charge in [0.05, 0.1) is 12.5 Å². The third-order valence-electron chi connectivity index (χ3n) is 4.48. The van der Waals surface area contributed by atoms with Crippen molar-refractivity contribution in [2.24, 2.45) is 0 Å². The number of amides is 1. The van der Waals surface area contributed by atoms with E-state index in [2.05, 4.69) is 70.3 Å². The zero-order valence-corrected chi connectivity index (χ0v) is 14.9. The number of benzene rings is 2. The predicted molar refractivity (Wildman–Crippen MR) is 96.7 cm³/mol. The van der Waals surface area contributed by atoms with Crippen LogP contribution < -0.4 is 5.32 Å². The fourth-order valence-electron chi connectivity index (χ4n) is 2.96. The number of hydrogen-bond donors (Lipinski definition) is 1. The molecular formula is C21H27NO. The molecule has 0 aliphatic carbocycles. The van der Waals surface area contributed by atoms with E-state index in [9.17, 15) is 4.79 Å². The van der Waals surface area contributed by atoms with E-state index in [1.807, 2.05) is 6.07 Å². The molecule has 0 aliphatic heterocycles. The van der Waals surface area contributed by atoms with Crippen molar-refractivity contribution in [3.63, 3.8) is 0 Å². The minimum absolute atomic E-state index is 0.0784. The van der Waals surface area contributed by atoms with Crippen molar-refractivity contribution in [3.8, 4) is 0 Å². The largest absolute Gasteiger partial charge is 0.349 e. The van der Waals surface area contributed by atoms with Crippen molar-refractivity contribution in [2.75, 3.05) is 0 Å². The van der Waals surface area contributed by atoms with Gasteiger partial charge in [0, 0.05) is 0 Å². The number of hydrogen-bond acceptors (Lipinski definition) is 1. The molecule has 0 aliphatic rings. The van der Waals surface area contributed by atoms with E-state index < -0.39 is 0 Å². The number of aryl methyl sites for hydroxylation is 4. The molecule has 23 heavy (non-hydrogen) atoms. The van der Waals surface area contributed by atoms with Gasteiger partial charge in [-0.3, -0.25) is 4.79 Å². The predicted octanol–water partition coefficient (Wildman–Crippen LogP) is 4.73. The molecule has 0 radical (unpaired) electrons. The molecule has 1 atom stereocenters. The zero-order chi connectivity index (χ0) is 17.0. The molecule has 0 bridgehead atoms. The molecule has 1 N–H and O–H groups in total. The van der Waals surface area contributed by atoms with Gasteiger partial charge in [0.25, 0.3) is 0 Å². The summed E-state index contributed by atoms with van der Waals surface area (Å²) in [5.41, 5.74) is 7.27. The molecule has 2 heteroatoms. The molecule has 0 spiro atoms. The highest BCUT2D eigenvalue weighted by atomic mass is 16.1. The van der Waals surface area contributed by atoms with Crippen molar-refractivity contribution in [1.82, 2.24) is 5.32 Å². The van der Waals surface area contributed by atoms with Crippen molar-refractivity contribution in [2.45, 2.75) is 53.5 Å². The molecule has 1 amide bonds. The topological polar surface area (TPSA) is 29.1 Å². The van der Waals surface area contributed by atoms with Crippen LogP contribution in [0.1, 0.15) is 52.8 Å². The smallest absolute Gasteiger partial charge is 0.224 e. The summed E-state index contributed by atoms with van der Waals surface area (Å²) in [4.78, 5) is 12.4. The third kappa shape index (κ3) is 4.44. The summed E-state index contributed by atoms with van der Waals surface area (Å²) in [5, 5.41) is 3.19. The van der Waals surface area contributed by atoms with E-state index in [4.69, 9.17) is 0 Å². The summed E-state index contributed by atoms with van der Waals surface area (Å²) in [6.45, 7) is 10.5. The summed E-state index contributed by atoms with van der Waals surface area (Å²) in [6.07, 6.45) is 1.32. The zero-order valence-electron chi connectivity index (χ0n) is 14.9. The monoisotopic (exact) mass is 309 g/mol. The number of nitrogens with one attached hydrogen (secondary N) is 1. The Morgan fingerprint density at radius 2 is 1.70 bits per heavy atom. The van der Waals surface area contributed by atoms with Gasteiger partial charge in [-0.2, -0.15) is 0 Å². The van der Waals surface area contributed by atoms with E-state index in [0.29, 0.717) is 6.42 Å². The van der Waals surface area contributed by atoms with E-state index in [1.165, 1.54) is 27.8 Å². The molecule has 2 nitrogen and oxygen atoms in total. The van der Waals surface area contributed by atoms with Crippen molar-refractivity contribution >= 4 is 5.91 Å². The summed E-state index contributed by atoms with van der Waals surface area (Å²) in [6, 6.07) is 12.7. The average molecular weight is 309 g/mol. The standard InChI is InChI=1S/C21H27NO/c1-6-20(19-10-7-14(2)11-17(19)5)22-21(23)13-18-9-8-15(3)16(4)12-18/h7-12,20H,6,13H2,1-5H3,(H,22,23). The first kappa shape index (κ1) is 17.3. The van der Waals surface area contributed by atoms with Crippen molar-refractivity contribution < 1.29 is 4.79 Å². The lowest BCUT2D eigenvalue weighted by atomic mass is 9.97. The summed E-state index contributed by atoms with van der Waals surface area (Å²) < 4.78 is 0. The highest BCUT2D eigenvalue weighted by Gasteiger charge is 2.15. The lowest BCUT2D eigenvalue weighted by Crippen LogP contribution is -2.30. The third-order valence-corrected chi connectivity index (χ3v) is 4.48. The first-order valence-corrected chi connectivity index (χ1v) is 8.33. The van der Waals surface area contributed by atoms with Crippen LogP contribution in [0, 0.1) is 27.7 Å². The number of rotatable bonds is 5. The second-order valence-electron chi connectivity index (χ2n) is 6.48. The Labute approximate surface area is 139 Å². The van der Waals surface area contributed by atoms with Gasteiger partial charge in [-0.1, -0.05) is 48.9 Å². The summed E-state index contributed by atoms with van der Waals surface area (Å²) in [7, 11) is 0. The summed E-state index contributed by atoms with van der Waals surface area (Å²) in [5.74, 6) is 0.0834. The fraction of sp³-hybridized carbons (Fsp3) is 0.381. The van der Waals surface area contributed by atoms with Gasteiger partial charge in [-0.25, -0.2) is 0 Å². The van der Waals surface area contributed by atoms with Crippen LogP contribution in [0.15, 0.2) is 36.4 Å². The lowest BCUT2D eigenvalue weighted by molar-refractivity contribution is -0.121. The Kier molecular flexibility index (Phi) is 5.59. The van der Waals surface area contributed by atoms with Crippen molar-refractivity contribution in [3.05, 3.63) is 69.8 Å². The highest BCUT2D eigenvalue weighted by molar-refractivity contribution is 5.79. The van der Waals surface area contributed by atoms with Crippen LogP contribution >= 0.6 is 0 Å². The molecule has 0 saturated carbocycles. The highest BCUT2D eigenvalue weighted by Crippen LogP contribution is 2.22. The van der Waals surface area contributed by atoms with E-state index >= 15 is 0 Å². The van der Waals surface area contributed by atoms with Crippen LogP contribution in [-0.4, -0.2) is 5.91 Å². The van der Waals surface area contributed by atoms with Crippen LogP contribution in [-0.2, 0) is 11.2 Å². The Morgan fingerprint density at radius 3 is 2.30 bits per heavy atom. The van der Waals surface area contributed by atoms with Gasteiger partial charge in [0.1, 0.15) is 0 Å². The molecule has 0 aromatic heterocycles. The Balaban J connectivity index is 2.08. The van der Waals surface area contributed by atoms with Crippen LogP contribution in [0.25, 0.3) is 0 Å². The first-order valence-electron chi connectivity index (χ1n) is 8.33. The second-order valence-corrected chi connectivity index (χ2v) is 6.48. The van der Waals surface area contributed by atoms with Gasteiger partial charge in [-0.05, 0) is 61.9 Å². The number of carbonyl (C=O) groups excluding carboxylic acids is 1. The van der Waals surface area contributed by atoms with Crippen LogP contribution in [0.3, 0.4) is 0 Å². The maximum absolute atomic E-state index is 12.4. The molecule has 0 saturated heterocycles. The Hall–Kier alpha value is -2.09. The normalized spacial score (nSPS) is 12.0. The molecule has 2 aromatic carbocycles. The average Bonchev–Trinajstić information content (AvgIpc) is 2.49.